The molecule has 2 aromatic heterocycles. The average molecular weight is 507 g/mol. The van der Waals surface area contributed by atoms with E-state index in [1.165, 1.54) is 59.1 Å². The molecule has 0 radical (unpaired) electrons. The predicted octanol–water partition coefficient (Wildman–Crippen LogP) is 8.11. The molecule has 4 heteroatoms. The van der Waals surface area contributed by atoms with Gasteiger partial charge in [0, 0.05) is 0 Å². The molecule has 1 aliphatic heterocycles. The van der Waals surface area contributed by atoms with Crippen LogP contribution in [0.15, 0.2) is 72.9 Å². The second kappa shape index (κ2) is 7.31. The van der Waals surface area contributed by atoms with Gasteiger partial charge in [0.2, 0.25) is 0 Å². The second-order valence-electron chi connectivity index (χ2n) is 9.95. The number of hydrogen-bond acceptors (Lipinski definition) is 1. The van der Waals surface area contributed by atoms with Crippen LogP contribution in [0.5, 0.6) is 0 Å². The zero-order chi connectivity index (χ0) is 22.9. The van der Waals surface area contributed by atoms with Gasteiger partial charge >= 0.3 is 202 Å². The quantitative estimate of drug-likeness (QED) is 0.102. The summed E-state index contributed by atoms with van der Waals surface area (Å²) >= 11 is -0.457. The first kappa shape index (κ1) is 20.7. The Bertz CT molecular complexity index is 1630. The van der Waals surface area contributed by atoms with Crippen LogP contribution in [0.4, 0.5) is 5.69 Å². The zero-order valence-corrected chi connectivity index (χ0v) is 22.4. The molecule has 0 aliphatic carbocycles. The fourth-order valence-corrected chi connectivity index (χ4v) is 9.51. The van der Waals surface area contributed by atoms with E-state index in [0.717, 1.165) is 4.83 Å². The molecule has 162 valence electrons. The van der Waals surface area contributed by atoms with Crippen LogP contribution in [-0.4, -0.2) is 29.5 Å². The summed E-state index contributed by atoms with van der Waals surface area (Å²) in [5.41, 5.74) is 5.10. The van der Waals surface area contributed by atoms with Crippen LogP contribution in [-0.2, 0) is 0 Å². The molecule has 0 N–H and O–H groups in total. The van der Waals surface area contributed by atoms with E-state index < -0.39 is 13.3 Å². The van der Waals surface area contributed by atoms with Crippen molar-refractivity contribution >= 4 is 72.5 Å². The van der Waals surface area contributed by atoms with Gasteiger partial charge in [-0.1, -0.05) is 0 Å². The number of pyridine rings is 1. The molecule has 0 unspecified atom stereocenters. The summed E-state index contributed by atoms with van der Waals surface area (Å²) in [5.74, 6) is 7.47. The van der Waals surface area contributed by atoms with Crippen molar-refractivity contribution < 1.29 is 4.58 Å². The molecule has 1 aliphatic rings. The Kier molecular flexibility index (Phi) is 4.58. The molecular formula is C29H26GeN2S. The van der Waals surface area contributed by atoms with E-state index in [0.29, 0.717) is 0 Å². The Morgan fingerprint density at radius 1 is 0.970 bits per heavy atom. The standard InChI is InChI=1S/C29H26GeN2S/c1-18-15-22-21-11-8-14-31-29(21)33-28(22)23(16-18)26-17-24(30(2,3)4)27-20-10-7-6-9-19(20)12-13-25(27)32(26)5/h6-17H,5H2,1-4H3. The summed E-state index contributed by atoms with van der Waals surface area (Å²) in [7, 11) is 0. The Morgan fingerprint density at radius 3 is 2.58 bits per heavy atom. The fraction of sp³-hybridized carbons (Fsp3) is 0.138. The van der Waals surface area contributed by atoms with Gasteiger partial charge in [-0.3, -0.25) is 0 Å². The fourth-order valence-electron chi connectivity index (χ4n) is 5.05. The molecular weight excluding hydrogens is 481 g/mol. The summed E-state index contributed by atoms with van der Waals surface area (Å²) in [6.07, 6.45) is 4.34. The number of nitrogens with zero attached hydrogens (tertiary/aromatic N) is 2. The average Bonchev–Trinajstić information content (AvgIpc) is 3.16. The van der Waals surface area contributed by atoms with E-state index in [9.17, 15) is 0 Å². The van der Waals surface area contributed by atoms with Crippen molar-refractivity contribution in [2.75, 3.05) is 0 Å². The van der Waals surface area contributed by atoms with Crippen LogP contribution >= 0.6 is 11.3 Å². The minimum atomic E-state index is -2.24. The van der Waals surface area contributed by atoms with Crippen molar-refractivity contribution in [1.29, 1.82) is 0 Å². The van der Waals surface area contributed by atoms with Crippen LogP contribution < -0.4 is 0 Å². The Labute approximate surface area is 201 Å². The van der Waals surface area contributed by atoms with Crippen molar-refractivity contribution in [3.8, 4) is 0 Å². The number of benzene rings is 3. The summed E-state index contributed by atoms with van der Waals surface area (Å²) in [6.45, 7) is 6.76. The number of hydrogen-bond donors (Lipinski definition) is 0. The van der Waals surface area contributed by atoms with E-state index >= 15 is 0 Å². The SMILES string of the molecule is C=[N+]1c2ccc3ccccc3c2[C]([Ge]([CH3])([CH3])[CH3])=C[C-]1c1cc(C)cc2c3cccnc3[s+][c-]12. The summed E-state index contributed by atoms with van der Waals surface area (Å²) in [5, 5.41) is 5.14. The molecule has 0 saturated carbocycles. The first-order chi connectivity index (χ1) is 15.8. The van der Waals surface area contributed by atoms with Gasteiger partial charge in [-0.15, -0.1) is 0 Å². The van der Waals surface area contributed by atoms with Crippen molar-refractivity contribution in [1.82, 2.24) is 4.98 Å². The van der Waals surface area contributed by atoms with E-state index in [2.05, 4.69) is 101 Å². The predicted molar refractivity (Wildman–Crippen MR) is 147 cm³/mol. The molecule has 6 rings (SSSR count). The molecule has 33 heavy (non-hydrogen) atoms. The van der Waals surface area contributed by atoms with Gasteiger partial charge in [0.15, 0.2) is 0 Å². The normalized spacial score (nSPS) is 14.2. The zero-order valence-electron chi connectivity index (χ0n) is 19.4. The third-order valence-electron chi connectivity index (χ3n) is 6.62. The summed E-state index contributed by atoms with van der Waals surface area (Å²) in [6, 6.07) is 23.3. The van der Waals surface area contributed by atoms with Gasteiger partial charge in [-0.05, 0) is 0 Å². The summed E-state index contributed by atoms with van der Waals surface area (Å²) in [4.78, 5) is 5.74. The molecule has 5 aromatic rings. The maximum absolute atomic E-state index is 4.65. The maximum atomic E-state index is 4.65. The van der Waals surface area contributed by atoms with Gasteiger partial charge in [-0.2, -0.15) is 0 Å². The van der Waals surface area contributed by atoms with Crippen LogP contribution in [0.2, 0.25) is 17.3 Å². The van der Waals surface area contributed by atoms with Crippen molar-refractivity contribution in [2.45, 2.75) is 24.2 Å². The first-order valence-electron chi connectivity index (χ1n) is 11.3. The molecule has 0 atom stereocenters. The van der Waals surface area contributed by atoms with Gasteiger partial charge in [-0.25, -0.2) is 0 Å². The van der Waals surface area contributed by atoms with Crippen molar-refractivity contribution in [3.05, 3.63) is 95.7 Å². The Balaban J connectivity index is 1.67. The van der Waals surface area contributed by atoms with Gasteiger partial charge < -0.3 is 0 Å². The molecule has 0 fully saturated rings. The van der Waals surface area contributed by atoms with Crippen LogP contribution in [0.3, 0.4) is 0 Å². The summed E-state index contributed by atoms with van der Waals surface area (Å²) < 4.78 is 4.98. The van der Waals surface area contributed by atoms with Crippen molar-refractivity contribution in [2.24, 2.45) is 0 Å². The van der Waals surface area contributed by atoms with Crippen LogP contribution in [0.1, 0.15) is 16.7 Å². The third kappa shape index (κ3) is 3.17. The van der Waals surface area contributed by atoms with Gasteiger partial charge in [0.05, 0.1) is 0 Å². The van der Waals surface area contributed by atoms with E-state index in [1.807, 2.05) is 12.3 Å². The molecule has 0 spiro atoms. The first-order valence-corrected chi connectivity index (χ1v) is 19.5. The van der Waals surface area contributed by atoms with Crippen LogP contribution in [0, 0.1) is 13.0 Å². The second-order valence-corrected chi connectivity index (χ2v) is 21.5. The van der Waals surface area contributed by atoms with E-state index in [-0.39, 0.29) is 0 Å². The Hall–Kier alpha value is -2.89. The Morgan fingerprint density at radius 2 is 1.76 bits per heavy atom. The van der Waals surface area contributed by atoms with Crippen molar-refractivity contribution in [3.63, 3.8) is 0 Å². The molecule has 0 saturated heterocycles. The molecule has 3 heterocycles. The number of aryl methyl sites for hydroxylation is 1. The molecule has 0 bridgehead atoms. The topological polar surface area (TPSA) is 15.9 Å². The number of rotatable bonds is 2. The minimum absolute atomic E-state index is 1.09. The molecule has 3 aromatic carbocycles. The number of fused-ring (bicyclic) bond motifs is 6. The van der Waals surface area contributed by atoms with E-state index in [1.54, 1.807) is 11.3 Å². The van der Waals surface area contributed by atoms with Crippen LogP contribution in [0.25, 0.3) is 35.5 Å². The molecule has 0 amide bonds. The number of aromatic nitrogens is 1. The van der Waals surface area contributed by atoms with Gasteiger partial charge in [0.1, 0.15) is 0 Å². The monoisotopic (exact) mass is 508 g/mol. The number of thiophene rings is 1. The van der Waals surface area contributed by atoms with E-state index in [4.69, 9.17) is 0 Å². The third-order valence-corrected chi connectivity index (χ3v) is 12.0. The van der Waals surface area contributed by atoms with Gasteiger partial charge in [0.25, 0.3) is 0 Å². The molecule has 2 nitrogen and oxygen atoms in total.